The molecule has 3 amide bonds. The molecule has 8 nitrogen and oxygen atoms in total. The van der Waals surface area contributed by atoms with Crippen molar-refractivity contribution in [2.45, 2.75) is 70.5 Å². The molecule has 0 aromatic heterocycles. The van der Waals surface area contributed by atoms with Gasteiger partial charge in [0.15, 0.2) is 0 Å². The average Bonchev–Trinajstić information content (AvgIpc) is 2.96. The maximum absolute atomic E-state index is 13.5. The highest BCUT2D eigenvalue weighted by Crippen LogP contribution is 2.30. The molecule has 0 aliphatic carbocycles. The molecule has 1 atom stereocenters. The van der Waals surface area contributed by atoms with Crippen LogP contribution in [0.4, 0.5) is 0 Å². The zero-order valence-corrected chi connectivity index (χ0v) is 21.7. The second-order valence-corrected chi connectivity index (χ2v) is 11.6. The van der Waals surface area contributed by atoms with E-state index in [1.807, 2.05) is 58.9 Å². The monoisotopic (exact) mass is 499 g/mol. The van der Waals surface area contributed by atoms with Crippen LogP contribution in [-0.4, -0.2) is 53.5 Å². The lowest BCUT2D eigenvalue weighted by Gasteiger charge is -2.33. The lowest BCUT2D eigenvalue weighted by Crippen LogP contribution is -2.53. The highest BCUT2D eigenvalue weighted by Gasteiger charge is 2.41. The first-order chi connectivity index (χ1) is 16.3. The molecule has 0 saturated carbocycles. The van der Waals surface area contributed by atoms with E-state index < -0.39 is 33.4 Å². The van der Waals surface area contributed by atoms with Crippen LogP contribution in [0.15, 0.2) is 53.4 Å². The summed E-state index contributed by atoms with van der Waals surface area (Å²) in [5.74, 6) is -1.32. The van der Waals surface area contributed by atoms with Gasteiger partial charge in [0.05, 0.1) is 5.56 Å². The fourth-order valence-corrected chi connectivity index (χ4v) is 5.74. The van der Waals surface area contributed by atoms with E-state index in [-0.39, 0.29) is 35.9 Å². The van der Waals surface area contributed by atoms with E-state index in [0.29, 0.717) is 6.42 Å². The Hall–Kier alpha value is -3.20. The molecule has 188 valence electrons. The number of nitrogens with one attached hydrogen (secondary N) is 1. The Morgan fingerprint density at radius 1 is 1.09 bits per heavy atom. The van der Waals surface area contributed by atoms with Crippen molar-refractivity contribution in [3.05, 3.63) is 65.2 Å². The standard InChI is InChI=1S/C26H33N3O5S/c1-6-21(24(31)27-26(3,4)5)28(17-19-11-9-10-18(2)16-19)23(30)14-15-29-25(32)20-12-7-8-13-22(20)35(29,33)34/h7-13,16,21H,6,14-15,17H2,1-5H3,(H,27,31)/t21-/m1/s1. The summed E-state index contributed by atoms with van der Waals surface area (Å²) in [4.78, 5) is 40.7. The quantitative estimate of drug-likeness (QED) is 0.601. The molecule has 0 radical (unpaired) electrons. The van der Waals surface area contributed by atoms with Gasteiger partial charge in [-0.15, -0.1) is 0 Å². The molecule has 0 spiro atoms. The van der Waals surface area contributed by atoms with Crippen LogP contribution in [0.5, 0.6) is 0 Å². The lowest BCUT2D eigenvalue weighted by molar-refractivity contribution is -0.142. The first-order valence-electron chi connectivity index (χ1n) is 11.7. The van der Waals surface area contributed by atoms with Gasteiger partial charge >= 0.3 is 0 Å². The maximum Gasteiger partial charge on any atom is 0.269 e. The Morgan fingerprint density at radius 2 is 1.77 bits per heavy atom. The van der Waals surface area contributed by atoms with Crippen molar-refractivity contribution in [1.82, 2.24) is 14.5 Å². The van der Waals surface area contributed by atoms with E-state index in [9.17, 15) is 22.8 Å². The number of carbonyl (C=O) groups is 3. The van der Waals surface area contributed by atoms with Crippen molar-refractivity contribution in [3.8, 4) is 0 Å². The summed E-state index contributed by atoms with van der Waals surface area (Å²) in [6, 6.07) is 12.9. The molecule has 1 aliphatic heterocycles. The lowest BCUT2D eigenvalue weighted by atomic mass is 10.0. The third-order valence-corrected chi connectivity index (χ3v) is 7.60. The first-order valence-corrected chi connectivity index (χ1v) is 13.1. The Kier molecular flexibility index (Phi) is 7.69. The Bertz CT molecular complexity index is 1230. The minimum atomic E-state index is -4.01. The molecule has 1 aliphatic rings. The second kappa shape index (κ2) is 10.2. The fourth-order valence-electron chi connectivity index (χ4n) is 4.17. The van der Waals surface area contributed by atoms with Gasteiger partial charge in [-0.1, -0.05) is 48.9 Å². The minimum Gasteiger partial charge on any atom is -0.350 e. The second-order valence-electron chi connectivity index (χ2n) is 9.80. The van der Waals surface area contributed by atoms with Crippen molar-refractivity contribution in [2.24, 2.45) is 0 Å². The van der Waals surface area contributed by atoms with Gasteiger partial charge < -0.3 is 10.2 Å². The number of fused-ring (bicyclic) bond motifs is 1. The molecule has 1 heterocycles. The molecule has 0 saturated heterocycles. The van der Waals surface area contributed by atoms with Crippen molar-refractivity contribution in [2.75, 3.05) is 6.54 Å². The van der Waals surface area contributed by atoms with Gasteiger partial charge in [-0.3, -0.25) is 14.4 Å². The molecule has 3 rings (SSSR count). The zero-order valence-electron chi connectivity index (χ0n) is 20.9. The van der Waals surface area contributed by atoms with Crippen molar-refractivity contribution >= 4 is 27.7 Å². The number of sulfonamides is 1. The number of benzene rings is 2. The number of nitrogens with zero attached hydrogens (tertiary/aromatic N) is 2. The van der Waals surface area contributed by atoms with E-state index in [1.54, 1.807) is 12.1 Å². The van der Waals surface area contributed by atoms with Gasteiger partial charge in [-0.25, -0.2) is 12.7 Å². The van der Waals surface area contributed by atoms with Crippen molar-refractivity contribution < 1.29 is 22.8 Å². The van der Waals surface area contributed by atoms with Gasteiger partial charge in [0, 0.05) is 25.0 Å². The Labute approximate surface area is 207 Å². The number of carbonyl (C=O) groups excluding carboxylic acids is 3. The number of hydrogen-bond donors (Lipinski definition) is 1. The number of hydrogen-bond acceptors (Lipinski definition) is 5. The van der Waals surface area contributed by atoms with Crippen LogP contribution in [0.2, 0.25) is 0 Å². The molecule has 1 N–H and O–H groups in total. The summed E-state index contributed by atoms with van der Waals surface area (Å²) in [7, 11) is -4.01. The van der Waals surface area contributed by atoms with Gasteiger partial charge in [0.2, 0.25) is 11.8 Å². The molecule has 0 unspecified atom stereocenters. The van der Waals surface area contributed by atoms with Crippen LogP contribution in [-0.2, 0) is 26.2 Å². The topological polar surface area (TPSA) is 104 Å². The summed E-state index contributed by atoms with van der Waals surface area (Å²) < 4.78 is 26.5. The summed E-state index contributed by atoms with van der Waals surface area (Å²) >= 11 is 0. The summed E-state index contributed by atoms with van der Waals surface area (Å²) in [5, 5.41) is 2.94. The van der Waals surface area contributed by atoms with E-state index in [4.69, 9.17) is 0 Å². The normalized spacial score (nSPS) is 15.5. The van der Waals surface area contributed by atoms with Gasteiger partial charge in [0.25, 0.3) is 15.9 Å². The molecular weight excluding hydrogens is 466 g/mol. The highest BCUT2D eigenvalue weighted by molar-refractivity contribution is 7.90. The van der Waals surface area contributed by atoms with Crippen LogP contribution in [0.1, 0.15) is 62.0 Å². The molecule has 2 aromatic rings. The van der Waals surface area contributed by atoms with Crippen molar-refractivity contribution in [1.29, 1.82) is 0 Å². The minimum absolute atomic E-state index is 0.0509. The molecule has 2 aromatic carbocycles. The summed E-state index contributed by atoms with van der Waals surface area (Å²) in [6.45, 7) is 9.27. The van der Waals surface area contributed by atoms with Crippen LogP contribution in [0.3, 0.4) is 0 Å². The first kappa shape index (κ1) is 26.4. The summed E-state index contributed by atoms with van der Waals surface area (Å²) in [5.41, 5.74) is 1.50. The van der Waals surface area contributed by atoms with E-state index >= 15 is 0 Å². The number of rotatable bonds is 8. The zero-order chi connectivity index (χ0) is 26.0. The Balaban J connectivity index is 1.85. The molecular formula is C26H33N3O5S. The maximum atomic E-state index is 13.5. The largest absolute Gasteiger partial charge is 0.350 e. The summed E-state index contributed by atoms with van der Waals surface area (Å²) in [6.07, 6.45) is 0.149. The van der Waals surface area contributed by atoms with Crippen molar-refractivity contribution in [3.63, 3.8) is 0 Å². The predicted octanol–water partition coefficient (Wildman–Crippen LogP) is 3.25. The van der Waals surface area contributed by atoms with Crippen LogP contribution in [0.25, 0.3) is 0 Å². The third kappa shape index (κ3) is 5.90. The third-order valence-electron chi connectivity index (χ3n) is 5.76. The molecule has 0 fully saturated rings. The average molecular weight is 500 g/mol. The van der Waals surface area contributed by atoms with E-state index in [2.05, 4.69) is 5.32 Å². The van der Waals surface area contributed by atoms with E-state index in [1.165, 1.54) is 17.0 Å². The van der Waals surface area contributed by atoms with Crippen LogP contribution < -0.4 is 5.32 Å². The highest BCUT2D eigenvalue weighted by atomic mass is 32.2. The smallest absolute Gasteiger partial charge is 0.269 e. The van der Waals surface area contributed by atoms with Crippen LogP contribution >= 0.6 is 0 Å². The fraction of sp³-hybridized carbons (Fsp3) is 0.423. The predicted molar refractivity (Wildman–Crippen MR) is 133 cm³/mol. The molecule has 0 bridgehead atoms. The molecule has 35 heavy (non-hydrogen) atoms. The SMILES string of the molecule is CC[C@H](C(=O)NC(C)(C)C)N(Cc1cccc(C)c1)C(=O)CCN1C(=O)c2ccccc2S1(=O)=O. The van der Waals surface area contributed by atoms with Gasteiger partial charge in [-0.05, 0) is 51.8 Å². The van der Waals surface area contributed by atoms with Gasteiger partial charge in [0.1, 0.15) is 10.9 Å². The molecule has 9 heteroatoms. The number of amides is 3. The van der Waals surface area contributed by atoms with Crippen LogP contribution in [0, 0.1) is 6.92 Å². The van der Waals surface area contributed by atoms with E-state index in [0.717, 1.165) is 15.4 Å². The Morgan fingerprint density at radius 3 is 2.37 bits per heavy atom. The number of aryl methyl sites for hydroxylation is 1. The van der Waals surface area contributed by atoms with Gasteiger partial charge in [-0.2, -0.15) is 0 Å².